The summed E-state index contributed by atoms with van der Waals surface area (Å²) in [5.74, 6) is -0.319. The summed E-state index contributed by atoms with van der Waals surface area (Å²) in [7, 11) is 11.6. The second-order valence-electron chi connectivity index (χ2n) is 24.6. The number of benzene rings is 5. The second-order valence-corrected chi connectivity index (χ2v) is 26.9. The van der Waals surface area contributed by atoms with Crippen molar-refractivity contribution < 1.29 is 68.2 Å². The van der Waals surface area contributed by atoms with Gasteiger partial charge in [-0.3, -0.25) is 22.7 Å². The van der Waals surface area contributed by atoms with Crippen LogP contribution in [0.1, 0.15) is 138 Å². The maximum absolute atomic E-state index is 12.1. The average Bonchev–Trinajstić information content (AvgIpc) is 0.887. The Hall–Kier alpha value is -9.17. The molecule has 0 saturated carbocycles. The normalized spacial score (nSPS) is 10.7. The van der Waals surface area contributed by atoms with Crippen LogP contribution in [-0.4, -0.2) is 141 Å². The third-order valence-corrected chi connectivity index (χ3v) is 17.3. The number of unbranched alkanes of at least 4 members (excludes halogenated alkanes) is 9. The zero-order valence-corrected chi connectivity index (χ0v) is 65.2. The Balaban J connectivity index is 0.000000719. The van der Waals surface area contributed by atoms with Gasteiger partial charge < -0.3 is 39.3 Å². The number of nitrogens with zero attached hydrogens (tertiary/aromatic N) is 7. The predicted molar refractivity (Wildman–Crippen MR) is 426 cm³/mol. The molecule has 20 nitrogen and oxygen atoms in total. The number of hydrogen-bond donors (Lipinski definition) is 2. The Kier molecular flexibility index (Phi) is 47.7. The number of carbonyl (C=O) groups excluding carboxylic acids is 3. The molecule has 0 aliphatic heterocycles. The fourth-order valence-corrected chi connectivity index (χ4v) is 9.80. The molecule has 0 bridgehead atoms. The first-order chi connectivity index (χ1) is 50.3. The molecule has 2 N–H and O–H groups in total. The van der Waals surface area contributed by atoms with Crippen molar-refractivity contribution in [3.05, 3.63) is 245 Å². The number of nitrogens with one attached hydrogen (secondary N) is 2. The topological polar surface area (TPSA) is 233 Å². The number of aldehydes is 3. The van der Waals surface area contributed by atoms with Crippen molar-refractivity contribution >= 4 is 86.7 Å². The zero-order chi connectivity index (χ0) is 77.7. The number of halogens is 1. The SMILES string of the molecule is CN(CCCCCCN(C)c1ccc(/C=C/c2cccc[n+]2C)cc1)c1ccc(/C=C/c2cccc[n+]2C)cc1.CN(CCCCCCN(C)c1ccc(C=O)cc1)c1ccc(C=O)cc1.CNCCCCCCNC.COS(=O)(=O)[O-].COS(=O)(=O)[O-].Cc1cccc[n+]1C.O=Cc1ccc(F)cc1.[2HH]. The van der Waals surface area contributed by atoms with Gasteiger partial charge in [0.15, 0.2) is 24.3 Å². The van der Waals surface area contributed by atoms with Crippen LogP contribution in [0, 0.1) is 12.7 Å². The molecular weight excluding hydrogens is 1370 g/mol. The molecule has 23 heteroatoms. The number of aromatic nitrogens is 3. The van der Waals surface area contributed by atoms with Gasteiger partial charge in [0, 0.05) is 151 Å². The van der Waals surface area contributed by atoms with Crippen LogP contribution < -0.4 is 43.9 Å². The Labute approximate surface area is 627 Å². The minimum absolute atomic E-state index is 0. The highest BCUT2D eigenvalue weighted by Gasteiger charge is 2.07. The van der Waals surface area contributed by atoms with Crippen molar-refractivity contribution in [2.75, 3.05) is 115 Å². The first-order valence-corrected chi connectivity index (χ1v) is 37.8. The van der Waals surface area contributed by atoms with Gasteiger partial charge in [-0.05, 0) is 198 Å². The summed E-state index contributed by atoms with van der Waals surface area (Å²) in [5.41, 5.74) is 12.9. The van der Waals surface area contributed by atoms with Gasteiger partial charge in [-0.1, -0.05) is 68.9 Å². The summed E-state index contributed by atoms with van der Waals surface area (Å²) in [6.07, 6.45) is 32.3. The Morgan fingerprint density at radius 3 is 0.886 bits per heavy atom. The van der Waals surface area contributed by atoms with Crippen LogP contribution in [0.2, 0.25) is 0 Å². The third kappa shape index (κ3) is 43.6. The zero-order valence-electron chi connectivity index (χ0n) is 63.6. The molecule has 0 aliphatic carbocycles. The van der Waals surface area contributed by atoms with Crippen LogP contribution in [0.5, 0.6) is 0 Å². The van der Waals surface area contributed by atoms with Gasteiger partial charge in [0.2, 0.25) is 32.2 Å². The number of hydrogen-bond acceptors (Lipinski definition) is 17. The fraction of sp³-hybridized carbons (Fsp3) is 0.366. The summed E-state index contributed by atoms with van der Waals surface area (Å²) < 4.78 is 80.5. The van der Waals surface area contributed by atoms with Crippen molar-refractivity contribution in [3.63, 3.8) is 0 Å². The van der Waals surface area contributed by atoms with Gasteiger partial charge in [-0.25, -0.2) is 34.9 Å². The highest BCUT2D eigenvalue weighted by Crippen LogP contribution is 2.20. The Morgan fingerprint density at radius 1 is 0.390 bits per heavy atom. The van der Waals surface area contributed by atoms with Crippen LogP contribution >= 0.6 is 0 Å². The highest BCUT2D eigenvalue weighted by atomic mass is 32.3. The highest BCUT2D eigenvalue weighted by molar-refractivity contribution is 7.81. The monoisotopic (exact) mass is 1490 g/mol. The van der Waals surface area contributed by atoms with E-state index in [1.54, 1.807) is 0 Å². The van der Waals surface area contributed by atoms with Gasteiger partial charge in [0.1, 0.15) is 45.8 Å². The van der Waals surface area contributed by atoms with E-state index >= 15 is 0 Å². The molecule has 105 heavy (non-hydrogen) atoms. The van der Waals surface area contributed by atoms with Crippen LogP contribution in [0.3, 0.4) is 0 Å². The lowest BCUT2D eigenvalue weighted by Crippen LogP contribution is -2.30. The van der Waals surface area contributed by atoms with Crippen molar-refractivity contribution in [3.8, 4) is 0 Å². The first kappa shape index (κ1) is 91.9. The average molecular weight is 1490 g/mol. The molecule has 572 valence electrons. The number of anilines is 4. The van der Waals surface area contributed by atoms with E-state index in [1.807, 2.05) is 100 Å². The van der Waals surface area contributed by atoms with E-state index in [0.29, 0.717) is 23.0 Å². The number of aryl methyl sites for hydroxylation is 4. The van der Waals surface area contributed by atoms with Crippen molar-refractivity contribution in [2.24, 2.45) is 21.1 Å². The number of pyridine rings is 3. The van der Waals surface area contributed by atoms with Crippen molar-refractivity contribution in [1.82, 2.24) is 10.6 Å². The number of rotatable bonds is 34. The smallest absolute Gasteiger partial charge is 0.217 e. The van der Waals surface area contributed by atoms with E-state index in [9.17, 15) is 44.7 Å². The van der Waals surface area contributed by atoms with Crippen LogP contribution in [0.25, 0.3) is 24.3 Å². The van der Waals surface area contributed by atoms with Gasteiger partial charge in [-0.15, -0.1) is 0 Å². The molecule has 0 amide bonds. The molecule has 8 aromatic rings. The summed E-state index contributed by atoms with van der Waals surface area (Å²) in [5, 5.41) is 6.29. The summed E-state index contributed by atoms with van der Waals surface area (Å²) in [4.78, 5) is 40.6. The van der Waals surface area contributed by atoms with Gasteiger partial charge in [0.05, 0.1) is 14.2 Å². The molecule has 3 heterocycles. The molecule has 0 atom stereocenters. The number of carbonyl (C=O) groups is 3. The molecule has 0 fully saturated rings. The van der Waals surface area contributed by atoms with E-state index in [-0.39, 0.29) is 7.24 Å². The van der Waals surface area contributed by atoms with E-state index in [0.717, 1.165) is 77.2 Å². The van der Waals surface area contributed by atoms with Gasteiger partial charge in [0.25, 0.3) is 0 Å². The molecule has 3 aromatic heterocycles. The van der Waals surface area contributed by atoms with Crippen LogP contribution in [-0.2, 0) is 50.3 Å². The lowest BCUT2D eigenvalue weighted by molar-refractivity contribution is -0.677. The van der Waals surface area contributed by atoms with Gasteiger partial charge >= 0.3 is 0 Å². The van der Waals surface area contributed by atoms with Gasteiger partial charge in [-0.2, -0.15) is 0 Å². The predicted octanol–water partition coefficient (Wildman–Crippen LogP) is 13.1. The largest absolute Gasteiger partial charge is 0.726 e. The molecular formula is C82H115FN9O11S2+. The van der Waals surface area contributed by atoms with E-state index in [1.165, 1.54) is 141 Å². The summed E-state index contributed by atoms with van der Waals surface area (Å²) in [6.45, 7) is 8.62. The molecule has 0 radical (unpaired) electrons. The maximum atomic E-state index is 12.1. The molecule has 0 unspecified atom stereocenters. The minimum atomic E-state index is -4.41. The molecule has 0 saturated heterocycles. The molecule has 0 spiro atoms. The van der Waals surface area contributed by atoms with E-state index in [4.69, 9.17) is 0 Å². The van der Waals surface area contributed by atoms with E-state index < -0.39 is 20.8 Å². The molecule has 0 aliphatic rings. The maximum Gasteiger partial charge on any atom is 0.217 e. The standard InChI is InChI=1S/C36H44N4.C22H28N2O2.C8H20N2.C7H5FO.C7H10N.2CH4O4S.H2/c1-37-29-11-7-13-33(37)21-15-31-17-23-35(24-18-31)39(3)27-9-5-6-10-28-40(4)36-25-19-32(20-26-36)16-22-34-14-8-12-30-38(34)2;1-23(21-11-7-19(17-25)8-12-21)15-5-3-4-6-16-24(2)22-13-9-20(18-26)10-14-22;1-9-7-5-3-4-6-8-10-2;8-7-3-1-6(5-9)2-4-7;1-7-5-3-4-6-8(7)2;2*1-5-6(2,3)4;/h7-8,11-26,29-30H,5-6,9-10,27-28H2,1-4H3;7-14,17-18H,3-6,15-16H2,1-2H3;9-10H,3-8H2,1-2H3;1-5H;3-6H,1-2H3;2*1H3,(H,2,3,4);1H/q+2;;;;+1;;;/p-2/i;;;;;;;1+1. The summed E-state index contributed by atoms with van der Waals surface area (Å²) in [6, 6.07) is 57.1. The van der Waals surface area contributed by atoms with Crippen LogP contribution in [0.4, 0.5) is 27.1 Å². The summed E-state index contributed by atoms with van der Waals surface area (Å²) >= 11 is 0. The quantitative estimate of drug-likeness (QED) is 0.0125. The second kappa shape index (κ2) is 54.4. The molecule has 5 aromatic carbocycles. The lowest BCUT2D eigenvalue weighted by atomic mass is 10.1. The molecule has 8 rings (SSSR count). The first-order valence-electron chi connectivity index (χ1n) is 35.1. The van der Waals surface area contributed by atoms with Crippen molar-refractivity contribution in [2.45, 2.75) is 84.0 Å². The van der Waals surface area contributed by atoms with E-state index in [2.05, 4.69) is 217 Å². The fourth-order valence-electron chi connectivity index (χ4n) is 9.80. The third-order valence-electron chi connectivity index (χ3n) is 16.5. The Bertz CT molecular complexity index is 3730. The lowest BCUT2D eigenvalue weighted by Gasteiger charge is -2.20. The minimum Gasteiger partial charge on any atom is -0.726 e. The Morgan fingerprint density at radius 2 is 0.648 bits per heavy atom. The van der Waals surface area contributed by atoms with Crippen molar-refractivity contribution in [1.29, 1.82) is 0 Å². The van der Waals surface area contributed by atoms with Crippen LogP contribution in [0.15, 0.2) is 195 Å².